The number of aromatic amines is 1. The van der Waals surface area contributed by atoms with Crippen LogP contribution in [0.3, 0.4) is 0 Å². The van der Waals surface area contributed by atoms with Gasteiger partial charge in [-0.1, -0.05) is 43.7 Å². The fraction of sp³-hybridized carbons (Fsp3) is 0.333. The first-order chi connectivity index (χ1) is 15.5. The molecule has 0 atom stereocenters. The van der Waals surface area contributed by atoms with Crippen LogP contribution in [0.1, 0.15) is 38.2 Å². The second-order valence-electron chi connectivity index (χ2n) is 7.58. The summed E-state index contributed by atoms with van der Waals surface area (Å²) in [4.78, 5) is 39.8. The monoisotopic (exact) mass is 452 g/mol. The van der Waals surface area contributed by atoms with Gasteiger partial charge in [-0.15, -0.1) is 0 Å². The molecule has 0 radical (unpaired) electrons. The Bertz CT molecular complexity index is 1220. The molecule has 0 fully saturated rings. The highest BCUT2D eigenvalue weighted by molar-refractivity contribution is 7.71. The van der Waals surface area contributed by atoms with E-state index < -0.39 is 0 Å². The van der Waals surface area contributed by atoms with Crippen LogP contribution in [-0.2, 0) is 22.6 Å². The van der Waals surface area contributed by atoms with Crippen molar-refractivity contribution in [3.05, 3.63) is 69.2 Å². The molecule has 0 saturated heterocycles. The van der Waals surface area contributed by atoms with Crippen LogP contribution in [0, 0.1) is 4.77 Å². The van der Waals surface area contributed by atoms with E-state index in [0.29, 0.717) is 29.5 Å². The lowest BCUT2D eigenvalue weighted by molar-refractivity contribution is -0.124. The fourth-order valence-electron chi connectivity index (χ4n) is 3.55. The van der Waals surface area contributed by atoms with Crippen molar-refractivity contribution in [2.24, 2.45) is 0 Å². The Morgan fingerprint density at radius 2 is 1.75 bits per heavy atom. The van der Waals surface area contributed by atoms with Crippen LogP contribution in [0.25, 0.3) is 10.9 Å². The molecule has 0 spiro atoms. The number of nitrogens with one attached hydrogen (secondary N) is 3. The average Bonchev–Trinajstić information content (AvgIpc) is 2.79. The van der Waals surface area contributed by atoms with E-state index in [1.807, 2.05) is 49.4 Å². The number of carbonyl (C=O) groups excluding carboxylic acids is 2. The van der Waals surface area contributed by atoms with Gasteiger partial charge < -0.3 is 15.6 Å². The minimum absolute atomic E-state index is 0.0570. The summed E-state index contributed by atoms with van der Waals surface area (Å²) in [5.41, 5.74) is 2.46. The highest BCUT2D eigenvalue weighted by atomic mass is 32.1. The summed E-state index contributed by atoms with van der Waals surface area (Å²) < 4.78 is 1.97. The van der Waals surface area contributed by atoms with Gasteiger partial charge in [0.25, 0.3) is 5.56 Å². The van der Waals surface area contributed by atoms with Gasteiger partial charge in [-0.2, -0.15) is 0 Å². The van der Waals surface area contributed by atoms with Gasteiger partial charge in [0, 0.05) is 18.7 Å². The molecule has 2 amide bonds. The van der Waals surface area contributed by atoms with E-state index in [9.17, 15) is 14.4 Å². The molecule has 0 unspecified atom stereocenters. The number of para-hydroxylation sites is 2. The second kappa shape index (κ2) is 11.4. The minimum Gasteiger partial charge on any atom is -0.347 e. The van der Waals surface area contributed by atoms with Gasteiger partial charge >= 0.3 is 0 Å². The first kappa shape index (κ1) is 23.4. The van der Waals surface area contributed by atoms with E-state index in [1.165, 1.54) is 0 Å². The molecule has 0 bridgehead atoms. The Balaban J connectivity index is 1.38. The quantitative estimate of drug-likeness (QED) is 0.321. The maximum atomic E-state index is 12.6. The van der Waals surface area contributed by atoms with Crippen molar-refractivity contribution in [2.45, 2.75) is 45.6 Å². The number of hydrogen-bond acceptors (Lipinski definition) is 4. The van der Waals surface area contributed by atoms with Gasteiger partial charge in [-0.05, 0) is 55.2 Å². The maximum Gasteiger partial charge on any atom is 0.262 e. The predicted molar refractivity (Wildman–Crippen MR) is 129 cm³/mol. The third-order valence-corrected chi connectivity index (χ3v) is 5.62. The molecule has 0 aliphatic carbocycles. The zero-order valence-electron chi connectivity index (χ0n) is 18.1. The van der Waals surface area contributed by atoms with Crippen molar-refractivity contribution in [3.8, 4) is 0 Å². The summed E-state index contributed by atoms with van der Waals surface area (Å²) in [6.45, 7) is 2.47. The second-order valence-corrected chi connectivity index (χ2v) is 7.97. The number of aryl methyl sites for hydroxylation is 1. The number of nitrogens with zero attached hydrogens (tertiary/aromatic N) is 1. The fourth-order valence-corrected chi connectivity index (χ4v) is 3.83. The molecule has 1 aromatic heterocycles. The minimum atomic E-state index is -0.246. The molecule has 1 heterocycles. The number of anilines is 1. The molecular weight excluding hydrogens is 424 g/mol. The summed E-state index contributed by atoms with van der Waals surface area (Å²) in [6, 6.07) is 14.9. The number of fused-ring (bicyclic) bond motifs is 1. The number of H-pyrrole nitrogens is 1. The van der Waals surface area contributed by atoms with Gasteiger partial charge in [-0.25, -0.2) is 0 Å². The molecule has 3 rings (SSSR count). The molecule has 0 aliphatic heterocycles. The smallest absolute Gasteiger partial charge is 0.262 e. The van der Waals surface area contributed by atoms with Crippen LogP contribution in [0.15, 0.2) is 53.3 Å². The van der Waals surface area contributed by atoms with Crippen molar-refractivity contribution in [2.75, 3.05) is 11.9 Å². The van der Waals surface area contributed by atoms with Crippen LogP contribution in [0.4, 0.5) is 5.69 Å². The predicted octanol–water partition coefficient (Wildman–Crippen LogP) is 3.94. The Kier molecular flexibility index (Phi) is 8.33. The van der Waals surface area contributed by atoms with Gasteiger partial charge in [0.2, 0.25) is 11.8 Å². The number of unbranched alkanes of at least 4 members (excludes halogenated alkanes) is 2. The van der Waals surface area contributed by atoms with Crippen LogP contribution in [0.2, 0.25) is 0 Å². The number of rotatable bonds is 10. The molecule has 0 aliphatic rings. The van der Waals surface area contributed by atoms with Crippen molar-refractivity contribution in [3.63, 3.8) is 0 Å². The summed E-state index contributed by atoms with van der Waals surface area (Å²) in [6.07, 6.45) is 3.33. The van der Waals surface area contributed by atoms with E-state index in [1.54, 1.807) is 10.6 Å². The standard InChI is InChI=1S/C24H28N4O3S/c1-2-17-10-5-7-12-19(17)26-22(30)16-25-21(29)14-4-3-9-15-28-23(31)18-11-6-8-13-20(18)27-24(28)32/h5-8,10-13H,2-4,9,14-16H2,1H3,(H,25,29)(H,26,30)(H,27,32). The summed E-state index contributed by atoms with van der Waals surface area (Å²) in [5, 5.41) is 6.11. The third-order valence-electron chi connectivity index (χ3n) is 5.29. The Morgan fingerprint density at radius 3 is 2.56 bits per heavy atom. The Labute approximate surface area is 191 Å². The Morgan fingerprint density at radius 1 is 1.00 bits per heavy atom. The molecule has 168 valence electrons. The SMILES string of the molecule is CCc1ccccc1NC(=O)CNC(=O)CCCCCn1c(=S)[nH]c2ccccc2c1=O. The van der Waals surface area contributed by atoms with E-state index in [0.717, 1.165) is 36.0 Å². The lowest BCUT2D eigenvalue weighted by Crippen LogP contribution is -2.32. The van der Waals surface area contributed by atoms with E-state index in [2.05, 4.69) is 15.6 Å². The lowest BCUT2D eigenvalue weighted by atomic mass is 10.1. The van der Waals surface area contributed by atoms with Gasteiger partial charge in [0.15, 0.2) is 4.77 Å². The molecule has 3 N–H and O–H groups in total. The highest BCUT2D eigenvalue weighted by Gasteiger charge is 2.09. The molecular formula is C24H28N4O3S. The molecule has 8 heteroatoms. The number of benzene rings is 2. The van der Waals surface area contributed by atoms with Crippen molar-refractivity contribution in [1.29, 1.82) is 0 Å². The van der Waals surface area contributed by atoms with Crippen LogP contribution in [-0.4, -0.2) is 27.9 Å². The summed E-state index contributed by atoms with van der Waals surface area (Å²) >= 11 is 5.31. The number of hydrogen-bond donors (Lipinski definition) is 3. The number of amides is 2. The maximum absolute atomic E-state index is 12.6. The normalized spacial score (nSPS) is 10.8. The van der Waals surface area contributed by atoms with E-state index in [4.69, 9.17) is 12.2 Å². The zero-order chi connectivity index (χ0) is 22.9. The van der Waals surface area contributed by atoms with Crippen LogP contribution >= 0.6 is 12.2 Å². The zero-order valence-corrected chi connectivity index (χ0v) is 19.0. The summed E-state index contributed by atoms with van der Waals surface area (Å²) in [7, 11) is 0. The molecule has 3 aromatic rings. The van der Waals surface area contributed by atoms with Crippen molar-refractivity contribution in [1.82, 2.24) is 14.9 Å². The molecule has 32 heavy (non-hydrogen) atoms. The Hall–Kier alpha value is -3.26. The van der Waals surface area contributed by atoms with Gasteiger partial charge in [0.1, 0.15) is 0 Å². The third kappa shape index (κ3) is 6.13. The topological polar surface area (TPSA) is 96.0 Å². The van der Waals surface area contributed by atoms with E-state index >= 15 is 0 Å². The number of aromatic nitrogens is 2. The first-order valence-corrected chi connectivity index (χ1v) is 11.3. The van der Waals surface area contributed by atoms with Gasteiger partial charge in [0.05, 0.1) is 17.4 Å². The lowest BCUT2D eigenvalue weighted by Gasteiger charge is -2.10. The molecule has 7 nitrogen and oxygen atoms in total. The van der Waals surface area contributed by atoms with Gasteiger partial charge in [-0.3, -0.25) is 19.0 Å². The van der Waals surface area contributed by atoms with Crippen molar-refractivity contribution < 1.29 is 9.59 Å². The van der Waals surface area contributed by atoms with Crippen molar-refractivity contribution >= 4 is 40.6 Å². The largest absolute Gasteiger partial charge is 0.347 e. The molecule has 0 saturated carbocycles. The van der Waals surface area contributed by atoms with Crippen LogP contribution < -0.4 is 16.2 Å². The molecule has 2 aromatic carbocycles. The highest BCUT2D eigenvalue weighted by Crippen LogP contribution is 2.15. The first-order valence-electron chi connectivity index (χ1n) is 10.9. The van der Waals surface area contributed by atoms with E-state index in [-0.39, 0.29) is 23.9 Å². The summed E-state index contributed by atoms with van der Waals surface area (Å²) in [5.74, 6) is -0.409. The average molecular weight is 453 g/mol. The van der Waals surface area contributed by atoms with Crippen LogP contribution in [0.5, 0.6) is 0 Å². The number of carbonyl (C=O) groups is 2.